The van der Waals surface area contributed by atoms with E-state index in [0.717, 1.165) is 11.3 Å². The first-order chi connectivity index (χ1) is 16.9. The topological polar surface area (TPSA) is 67.9 Å². The number of halogens is 2. The Morgan fingerprint density at radius 1 is 1.00 bits per heavy atom. The first kappa shape index (κ1) is 26.0. The maximum absolute atomic E-state index is 13.4. The summed E-state index contributed by atoms with van der Waals surface area (Å²) < 4.78 is 24.1. The van der Waals surface area contributed by atoms with Crippen molar-refractivity contribution in [2.24, 2.45) is 0 Å². The van der Waals surface area contributed by atoms with Crippen molar-refractivity contribution in [3.05, 3.63) is 94.8 Å². The Hall–Kier alpha value is -3.58. The summed E-state index contributed by atoms with van der Waals surface area (Å²) in [5.74, 6) is 0.0676. The number of nitrogens with zero attached hydrogens (tertiary/aromatic N) is 1. The van der Waals surface area contributed by atoms with E-state index in [0.29, 0.717) is 29.3 Å². The van der Waals surface area contributed by atoms with E-state index in [2.05, 4.69) is 5.32 Å². The van der Waals surface area contributed by atoms with E-state index in [9.17, 15) is 14.0 Å². The number of ether oxygens (including phenoxy) is 2. The Bertz CT molecular complexity index is 1120. The van der Waals surface area contributed by atoms with Crippen LogP contribution in [-0.2, 0) is 22.6 Å². The average Bonchev–Trinajstić information content (AvgIpc) is 2.87. The van der Waals surface area contributed by atoms with Crippen LogP contribution in [0.25, 0.3) is 0 Å². The Balaban J connectivity index is 1.64. The standard InChI is InChI=1S/C27H28ClFN2O4/c1-19(27(33)30-16-15-20-9-13-23(34-2)14-10-20)31(17-21-7-11-22(29)12-8-21)26(32)18-35-25-6-4-3-5-24(25)28/h3-14,19H,15-18H2,1-2H3,(H,30,33)/t19-/m1/s1. The maximum atomic E-state index is 13.4. The quantitative estimate of drug-likeness (QED) is 0.418. The number of amides is 2. The largest absolute Gasteiger partial charge is 0.497 e. The van der Waals surface area contributed by atoms with Gasteiger partial charge >= 0.3 is 0 Å². The van der Waals surface area contributed by atoms with Gasteiger partial charge in [-0.25, -0.2) is 4.39 Å². The summed E-state index contributed by atoms with van der Waals surface area (Å²) in [6, 6.07) is 19.5. The van der Waals surface area contributed by atoms with Gasteiger partial charge in [0.25, 0.3) is 5.91 Å². The first-order valence-corrected chi connectivity index (χ1v) is 11.6. The van der Waals surface area contributed by atoms with Crippen molar-refractivity contribution in [2.75, 3.05) is 20.3 Å². The molecule has 8 heteroatoms. The molecular formula is C27H28ClFN2O4. The zero-order valence-corrected chi connectivity index (χ0v) is 20.4. The fourth-order valence-electron chi connectivity index (χ4n) is 3.42. The first-order valence-electron chi connectivity index (χ1n) is 11.2. The molecule has 3 aromatic rings. The zero-order valence-electron chi connectivity index (χ0n) is 19.7. The number of benzene rings is 3. The van der Waals surface area contributed by atoms with Gasteiger partial charge in [0.1, 0.15) is 23.4 Å². The molecule has 0 spiro atoms. The van der Waals surface area contributed by atoms with Crippen molar-refractivity contribution < 1.29 is 23.5 Å². The van der Waals surface area contributed by atoms with Gasteiger partial charge in [0.15, 0.2) is 6.61 Å². The summed E-state index contributed by atoms with van der Waals surface area (Å²) in [4.78, 5) is 27.4. The number of carbonyl (C=O) groups excluding carboxylic acids is 2. The molecular weight excluding hydrogens is 471 g/mol. The molecule has 0 unspecified atom stereocenters. The molecule has 0 fully saturated rings. The number of para-hydroxylation sites is 1. The Morgan fingerprint density at radius 3 is 2.31 bits per heavy atom. The lowest BCUT2D eigenvalue weighted by molar-refractivity contribution is -0.142. The fraction of sp³-hybridized carbons (Fsp3) is 0.259. The lowest BCUT2D eigenvalue weighted by Crippen LogP contribution is -2.49. The van der Waals surface area contributed by atoms with Crippen molar-refractivity contribution in [2.45, 2.75) is 25.9 Å². The van der Waals surface area contributed by atoms with Gasteiger partial charge in [0, 0.05) is 13.1 Å². The van der Waals surface area contributed by atoms with Crippen molar-refractivity contribution >= 4 is 23.4 Å². The highest BCUT2D eigenvalue weighted by molar-refractivity contribution is 6.32. The predicted molar refractivity (Wildman–Crippen MR) is 133 cm³/mol. The van der Waals surface area contributed by atoms with Crippen molar-refractivity contribution in [3.63, 3.8) is 0 Å². The monoisotopic (exact) mass is 498 g/mol. The number of methoxy groups -OCH3 is 1. The van der Waals surface area contributed by atoms with Crippen LogP contribution in [0.3, 0.4) is 0 Å². The number of hydrogen-bond donors (Lipinski definition) is 1. The SMILES string of the molecule is COc1ccc(CCNC(=O)[C@@H](C)N(Cc2ccc(F)cc2)C(=O)COc2ccccc2Cl)cc1. The van der Waals surface area contributed by atoms with Gasteiger partial charge in [-0.2, -0.15) is 0 Å². The summed E-state index contributed by atoms with van der Waals surface area (Å²) in [6.07, 6.45) is 0.629. The number of rotatable bonds is 11. The van der Waals surface area contributed by atoms with Crippen molar-refractivity contribution in [1.29, 1.82) is 0 Å². The minimum absolute atomic E-state index is 0.123. The lowest BCUT2D eigenvalue weighted by Gasteiger charge is -2.29. The van der Waals surface area contributed by atoms with Gasteiger partial charge in [-0.1, -0.05) is 48.0 Å². The van der Waals surface area contributed by atoms with Crippen LogP contribution in [0.5, 0.6) is 11.5 Å². The van der Waals surface area contributed by atoms with Gasteiger partial charge < -0.3 is 19.7 Å². The summed E-state index contributed by atoms with van der Waals surface area (Å²) in [5.41, 5.74) is 1.74. The highest BCUT2D eigenvalue weighted by Gasteiger charge is 2.26. The van der Waals surface area contributed by atoms with E-state index < -0.39 is 11.9 Å². The molecule has 0 bridgehead atoms. The second-order valence-corrected chi connectivity index (χ2v) is 8.34. The molecule has 0 radical (unpaired) electrons. The molecule has 2 amide bonds. The van der Waals surface area contributed by atoms with E-state index in [1.807, 2.05) is 24.3 Å². The van der Waals surface area contributed by atoms with Crippen LogP contribution in [0.15, 0.2) is 72.8 Å². The molecule has 0 heterocycles. The Morgan fingerprint density at radius 2 is 1.66 bits per heavy atom. The van der Waals surface area contributed by atoms with Crippen molar-refractivity contribution in [3.8, 4) is 11.5 Å². The van der Waals surface area contributed by atoms with E-state index in [-0.39, 0.29) is 24.9 Å². The molecule has 0 aliphatic heterocycles. The Kier molecular flexibility index (Phi) is 9.49. The fourth-order valence-corrected chi connectivity index (χ4v) is 3.61. The lowest BCUT2D eigenvalue weighted by atomic mass is 10.1. The predicted octanol–water partition coefficient (Wildman–Crippen LogP) is 4.64. The molecule has 0 saturated carbocycles. The van der Waals surface area contributed by atoms with Gasteiger partial charge in [0.2, 0.25) is 5.91 Å². The Labute approximate surface area is 209 Å². The highest BCUT2D eigenvalue weighted by Crippen LogP contribution is 2.23. The molecule has 0 aliphatic rings. The summed E-state index contributed by atoms with van der Waals surface area (Å²) >= 11 is 6.11. The van der Waals surface area contributed by atoms with Crippen LogP contribution in [0, 0.1) is 5.82 Å². The third-order valence-electron chi connectivity index (χ3n) is 5.49. The molecule has 1 N–H and O–H groups in total. The average molecular weight is 499 g/mol. The van der Waals surface area contributed by atoms with Gasteiger partial charge in [-0.05, 0) is 60.9 Å². The maximum Gasteiger partial charge on any atom is 0.261 e. The minimum atomic E-state index is -0.779. The van der Waals surface area contributed by atoms with Crippen LogP contribution in [-0.4, -0.2) is 43.0 Å². The second-order valence-electron chi connectivity index (χ2n) is 7.93. The molecule has 3 aromatic carbocycles. The number of hydrogen-bond acceptors (Lipinski definition) is 4. The van der Waals surface area contributed by atoms with Crippen LogP contribution in [0.1, 0.15) is 18.1 Å². The smallest absolute Gasteiger partial charge is 0.261 e. The van der Waals surface area contributed by atoms with E-state index in [1.54, 1.807) is 50.4 Å². The van der Waals surface area contributed by atoms with Crippen molar-refractivity contribution in [1.82, 2.24) is 10.2 Å². The number of nitrogens with one attached hydrogen (secondary N) is 1. The normalized spacial score (nSPS) is 11.4. The molecule has 6 nitrogen and oxygen atoms in total. The van der Waals surface area contributed by atoms with E-state index >= 15 is 0 Å². The van der Waals surface area contributed by atoms with Crippen LogP contribution < -0.4 is 14.8 Å². The second kappa shape index (κ2) is 12.8. The molecule has 0 aromatic heterocycles. The van der Waals surface area contributed by atoms with E-state index in [4.69, 9.17) is 21.1 Å². The zero-order chi connectivity index (χ0) is 25.2. The molecule has 0 saturated heterocycles. The van der Waals surface area contributed by atoms with Gasteiger partial charge in [-0.3, -0.25) is 9.59 Å². The van der Waals surface area contributed by atoms with Crippen LogP contribution in [0.2, 0.25) is 5.02 Å². The van der Waals surface area contributed by atoms with E-state index in [1.165, 1.54) is 17.0 Å². The number of carbonyl (C=O) groups is 2. The van der Waals surface area contributed by atoms with Crippen LogP contribution >= 0.6 is 11.6 Å². The third kappa shape index (κ3) is 7.72. The molecule has 35 heavy (non-hydrogen) atoms. The summed E-state index contributed by atoms with van der Waals surface area (Å²) in [6.45, 7) is 1.89. The summed E-state index contributed by atoms with van der Waals surface area (Å²) in [5, 5.41) is 3.27. The molecule has 0 aliphatic carbocycles. The highest BCUT2D eigenvalue weighted by atomic mass is 35.5. The molecule has 184 valence electrons. The van der Waals surface area contributed by atoms with Gasteiger partial charge in [-0.15, -0.1) is 0 Å². The molecule has 1 atom stereocenters. The molecule has 3 rings (SSSR count). The van der Waals surface area contributed by atoms with Gasteiger partial charge in [0.05, 0.1) is 12.1 Å². The summed E-state index contributed by atoms with van der Waals surface area (Å²) in [7, 11) is 1.61. The third-order valence-corrected chi connectivity index (χ3v) is 5.81. The van der Waals surface area contributed by atoms with Crippen LogP contribution in [0.4, 0.5) is 4.39 Å². The minimum Gasteiger partial charge on any atom is -0.497 e.